The van der Waals surface area contributed by atoms with Gasteiger partial charge in [-0.25, -0.2) is 4.39 Å². The van der Waals surface area contributed by atoms with E-state index in [-0.39, 0.29) is 11.6 Å². The van der Waals surface area contributed by atoms with Crippen molar-refractivity contribution in [3.8, 4) is 0 Å². The Balaban J connectivity index is 1.90. The number of benzene rings is 1. The molecule has 4 nitrogen and oxygen atoms in total. The van der Waals surface area contributed by atoms with Crippen molar-refractivity contribution in [2.75, 3.05) is 24.6 Å². The molecular weight excluding hydrogens is 221 g/mol. The van der Waals surface area contributed by atoms with Crippen LogP contribution in [0.2, 0.25) is 0 Å². The number of nitrogen functional groups attached to an aromatic ring is 1. The van der Waals surface area contributed by atoms with Crippen LogP contribution in [0.1, 0.15) is 12.8 Å². The number of amides is 1. The van der Waals surface area contributed by atoms with Gasteiger partial charge < -0.3 is 11.1 Å². The first kappa shape index (κ1) is 11.9. The molecule has 0 aromatic heterocycles. The highest BCUT2D eigenvalue weighted by Crippen LogP contribution is 2.25. The molecule has 3 N–H and O–H groups in total. The number of anilines is 2. The third kappa shape index (κ3) is 3.17. The van der Waals surface area contributed by atoms with Crippen LogP contribution in [0.4, 0.5) is 15.8 Å². The van der Waals surface area contributed by atoms with Gasteiger partial charge in [-0.05, 0) is 38.1 Å². The second kappa shape index (κ2) is 4.71. The van der Waals surface area contributed by atoms with Gasteiger partial charge in [-0.3, -0.25) is 9.69 Å². The summed E-state index contributed by atoms with van der Waals surface area (Å²) in [7, 11) is 1.93. The molecule has 0 spiro atoms. The fraction of sp³-hybridized carbons (Fsp3) is 0.417. The van der Waals surface area contributed by atoms with Gasteiger partial charge in [-0.15, -0.1) is 0 Å². The molecular formula is C12H16FN3O. The third-order valence-electron chi connectivity index (χ3n) is 2.84. The molecule has 92 valence electrons. The van der Waals surface area contributed by atoms with Gasteiger partial charge >= 0.3 is 0 Å². The number of carbonyl (C=O) groups is 1. The van der Waals surface area contributed by atoms with Gasteiger partial charge in [-0.1, -0.05) is 0 Å². The van der Waals surface area contributed by atoms with Crippen LogP contribution in [-0.2, 0) is 4.79 Å². The fourth-order valence-corrected chi connectivity index (χ4v) is 1.69. The van der Waals surface area contributed by atoms with Crippen LogP contribution < -0.4 is 11.1 Å². The molecule has 0 atom stereocenters. The number of hydrogen-bond donors (Lipinski definition) is 2. The van der Waals surface area contributed by atoms with E-state index in [2.05, 4.69) is 5.32 Å². The van der Waals surface area contributed by atoms with E-state index in [1.807, 2.05) is 11.9 Å². The zero-order chi connectivity index (χ0) is 12.4. The Morgan fingerprint density at radius 2 is 2.29 bits per heavy atom. The zero-order valence-corrected chi connectivity index (χ0v) is 9.74. The van der Waals surface area contributed by atoms with Crippen molar-refractivity contribution in [3.05, 3.63) is 24.0 Å². The molecule has 5 heteroatoms. The second-order valence-electron chi connectivity index (χ2n) is 4.43. The number of nitrogens with one attached hydrogen (secondary N) is 1. The van der Waals surface area contributed by atoms with Crippen LogP contribution in [0.3, 0.4) is 0 Å². The van der Waals surface area contributed by atoms with Crippen LogP contribution in [0.25, 0.3) is 0 Å². The van der Waals surface area contributed by atoms with Gasteiger partial charge in [0, 0.05) is 11.7 Å². The predicted octanol–water partition coefficient (Wildman–Crippen LogP) is 1.44. The minimum Gasteiger partial charge on any atom is -0.396 e. The molecule has 17 heavy (non-hydrogen) atoms. The molecule has 1 aliphatic carbocycles. The summed E-state index contributed by atoms with van der Waals surface area (Å²) in [6, 6.07) is 4.71. The highest BCUT2D eigenvalue weighted by molar-refractivity contribution is 5.92. The molecule has 0 heterocycles. The van der Waals surface area contributed by atoms with Crippen LogP contribution in [0.15, 0.2) is 18.2 Å². The van der Waals surface area contributed by atoms with E-state index < -0.39 is 5.82 Å². The van der Waals surface area contributed by atoms with Crippen molar-refractivity contribution in [3.63, 3.8) is 0 Å². The molecule has 0 saturated heterocycles. The normalized spacial score (nSPS) is 15.0. The van der Waals surface area contributed by atoms with E-state index in [1.165, 1.54) is 18.2 Å². The van der Waals surface area contributed by atoms with Crippen molar-refractivity contribution in [2.45, 2.75) is 18.9 Å². The smallest absolute Gasteiger partial charge is 0.238 e. The van der Waals surface area contributed by atoms with Crippen LogP contribution >= 0.6 is 0 Å². The van der Waals surface area contributed by atoms with Crippen molar-refractivity contribution in [1.82, 2.24) is 4.90 Å². The summed E-state index contributed by atoms with van der Waals surface area (Å²) >= 11 is 0. The third-order valence-corrected chi connectivity index (χ3v) is 2.84. The Labute approximate surface area is 99.6 Å². The minimum atomic E-state index is -0.474. The van der Waals surface area contributed by atoms with E-state index in [0.717, 1.165) is 12.8 Å². The maximum atomic E-state index is 12.9. The Bertz CT molecular complexity index is 432. The number of nitrogens with two attached hydrogens (primary N) is 1. The average molecular weight is 237 g/mol. The van der Waals surface area contributed by atoms with Crippen molar-refractivity contribution < 1.29 is 9.18 Å². The number of likely N-dealkylation sites (N-methyl/N-ethyl adjacent to an activating group) is 1. The molecule has 1 aromatic carbocycles. The van der Waals surface area contributed by atoms with Gasteiger partial charge in [0.1, 0.15) is 5.82 Å². The molecule has 0 radical (unpaired) electrons. The lowest BCUT2D eigenvalue weighted by molar-refractivity contribution is -0.117. The number of rotatable bonds is 4. The molecule has 1 aromatic rings. The molecule has 0 bridgehead atoms. The first-order chi connectivity index (χ1) is 8.06. The number of carbonyl (C=O) groups excluding carboxylic acids is 1. The Morgan fingerprint density at radius 3 is 2.88 bits per heavy atom. The quantitative estimate of drug-likeness (QED) is 0.779. The minimum absolute atomic E-state index is 0.0401. The van der Waals surface area contributed by atoms with E-state index in [9.17, 15) is 9.18 Å². The number of nitrogens with zero attached hydrogens (tertiary/aromatic N) is 1. The van der Waals surface area contributed by atoms with Crippen LogP contribution in [0, 0.1) is 5.82 Å². The topological polar surface area (TPSA) is 58.4 Å². The number of halogens is 1. The Kier molecular flexibility index (Phi) is 3.28. The summed E-state index contributed by atoms with van der Waals surface area (Å²) in [5.74, 6) is -0.580. The standard InChI is InChI=1S/C12H16FN3O/c1-16(9-3-4-9)7-12(17)15-8-2-5-10(13)11(14)6-8/h2,5-6,9H,3-4,7,14H2,1H3,(H,15,17). The molecule has 1 saturated carbocycles. The van der Waals surface area contributed by atoms with Crippen LogP contribution in [-0.4, -0.2) is 30.4 Å². The highest BCUT2D eigenvalue weighted by Gasteiger charge is 2.27. The molecule has 0 aliphatic heterocycles. The summed E-state index contributed by atoms with van der Waals surface area (Å²) in [5.41, 5.74) is 5.99. The van der Waals surface area contributed by atoms with Crippen molar-refractivity contribution >= 4 is 17.3 Å². The van der Waals surface area contributed by atoms with E-state index in [4.69, 9.17) is 5.73 Å². The second-order valence-corrected chi connectivity index (χ2v) is 4.43. The molecule has 1 fully saturated rings. The summed E-state index contributed by atoms with van der Waals surface area (Å²) in [6.45, 7) is 0.349. The first-order valence-corrected chi connectivity index (χ1v) is 5.61. The summed E-state index contributed by atoms with van der Waals surface area (Å²) in [6.07, 6.45) is 2.32. The molecule has 2 rings (SSSR count). The summed E-state index contributed by atoms with van der Waals surface area (Å²) < 4.78 is 12.9. The molecule has 0 unspecified atom stereocenters. The van der Waals surface area contributed by atoms with Gasteiger partial charge in [-0.2, -0.15) is 0 Å². The number of hydrogen-bond acceptors (Lipinski definition) is 3. The van der Waals surface area contributed by atoms with E-state index in [0.29, 0.717) is 18.3 Å². The largest absolute Gasteiger partial charge is 0.396 e. The predicted molar refractivity (Wildman–Crippen MR) is 65.1 cm³/mol. The van der Waals surface area contributed by atoms with Crippen molar-refractivity contribution in [2.24, 2.45) is 0 Å². The summed E-state index contributed by atoms with van der Waals surface area (Å²) in [5, 5.41) is 2.70. The molecule has 1 aliphatic rings. The lowest BCUT2D eigenvalue weighted by atomic mass is 10.2. The monoisotopic (exact) mass is 237 g/mol. The van der Waals surface area contributed by atoms with E-state index >= 15 is 0 Å². The lowest BCUT2D eigenvalue weighted by Gasteiger charge is -2.15. The molecule has 1 amide bonds. The zero-order valence-electron chi connectivity index (χ0n) is 9.74. The Morgan fingerprint density at radius 1 is 1.59 bits per heavy atom. The highest BCUT2D eigenvalue weighted by atomic mass is 19.1. The Hall–Kier alpha value is -1.62. The van der Waals surface area contributed by atoms with Gasteiger partial charge in [0.05, 0.1) is 12.2 Å². The summed E-state index contributed by atoms with van der Waals surface area (Å²) in [4.78, 5) is 13.7. The van der Waals surface area contributed by atoms with Crippen LogP contribution in [0.5, 0.6) is 0 Å². The first-order valence-electron chi connectivity index (χ1n) is 5.61. The lowest BCUT2D eigenvalue weighted by Crippen LogP contribution is -2.31. The van der Waals surface area contributed by atoms with Gasteiger partial charge in [0.15, 0.2) is 0 Å². The maximum Gasteiger partial charge on any atom is 0.238 e. The average Bonchev–Trinajstić information content (AvgIpc) is 3.06. The van der Waals surface area contributed by atoms with Gasteiger partial charge in [0.2, 0.25) is 5.91 Å². The SMILES string of the molecule is CN(CC(=O)Nc1ccc(F)c(N)c1)C1CC1. The van der Waals surface area contributed by atoms with Crippen molar-refractivity contribution in [1.29, 1.82) is 0 Å². The fourth-order valence-electron chi connectivity index (χ4n) is 1.69. The maximum absolute atomic E-state index is 12.9. The van der Waals surface area contributed by atoms with Gasteiger partial charge in [0.25, 0.3) is 0 Å². The van der Waals surface area contributed by atoms with E-state index in [1.54, 1.807) is 0 Å².